The van der Waals surface area contributed by atoms with Crippen LogP contribution < -0.4 is 11.1 Å². The molecule has 0 aromatic heterocycles. The molecule has 17 atom stereocenters. The SMILES string of the molecule is CCC[C@@H]1CC[C@@H]2[C@H]3CCCC[C@](O)([C@](C)(O)[C@@H]4CC[C@]5(O)C6=CC(=O)[C@H]7C[C@@H](O)[C@@H](O)C[C@]7(CCC7CCC(N)[NH2+]C7)[C@@H]6CC[C@]45C)[C@@H]3O[C@@H]2CC1. The van der Waals surface area contributed by atoms with Gasteiger partial charge in [-0.3, -0.25) is 10.5 Å². The van der Waals surface area contributed by atoms with Gasteiger partial charge in [-0.1, -0.05) is 46.0 Å². The van der Waals surface area contributed by atoms with E-state index in [2.05, 4.69) is 19.2 Å². The number of rotatable bonds is 7. The maximum absolute atomic E-state index is 14.3. The van der Waals surface area contributed by atoms with E-state index in [1.807, 2.05) is 6.92 Å². The number of hydrogen-bond donors (Lipinski definition) is 7. The number of aliphatic hydroxyl groups is 5. The lowest BCUT2D eigenvalue weighted by Crippen LogP contribution is -2.95. The van der Waals surface area contributed by atoms with Crippen molar-refractivity contribution in [2.45, 2.75) is 197 Å². The second kappa shape index (κ2) is 14.2. The summed E-state index contributed by atoms with van der Waals surface area (Å²) in [5.41, 5.74) is 1.42. The van der Waals surface area contributed by atoms with Crippen molar-refractivity contribution in [1.29, 1.82) is 0 Å². The maximum Gasteiger partial charge on any atom is 0.159 e. The number of piperidine rings is 1. The Labute approximate surface area is 318 Å². The summed E-state index contributed by atoms with van der Waals surface area (Å²) < 4.78 is 7.00. The second-order valence-corrected chi connectivity index (χ2v) is 20.5. The number of nitrogens with two attached hydrogens (primary N) is 2. The molecule has 8 rings (SSSR count). The Bertz CT molecular complexity index is 1400. The van der Waals surface area contributed by atoms with E-state index < -0.39 is 51.9 Å². The third-order valence-corrected chi connectivity index (χ3v) is 18.1. The molecule has 5 saturated carbocycles. The van der Waals surface area contributed by atoms with Crippen molar-refractivity contribution in [3.8, 4) is 0 Å². The molecule has 2 unspecified atom stereocenters. The van der Waals surface area contributed by atoms with E-state index in [-0.39, 0.29) is 42.2 Å². The average Bonchev–Trinajstić information content (AvgIpc) is 3.46. The molecular formula is C44H73N2O7+. The molecule has 0 amide bonds. The number of aliphatic hydroxyl groups excluding tert-OH is 2. The zero-order valence-corrected chi connectivity index (χ0v) is 33.1. The predicted molar refractivity (Wildman–Crippen MR) is 202 cm³/mol. The van der Waals surface area contributed by atoms with Crippen molar-refractivity contribution < 1.29 is 40.4 Å². The first-order valence-electron chi connectivity index (χ1n) is 22.2. The van der Waals surface area contributed by atoms with Gasteiger partial charge in [0.25, 0.3) is 0 Å². The van der Waals surface area contributed by atoms with Crippen molar-refractivity contribution in [1.82, 2.24) is 0 Å². The summed E-state index contributed by atoms with van der Waals surface area (Å²) in [5, 5.41) is 63.7. The molecule has 0 radical (unpaired) electrons. The molecule has 0 spiro atoms. The Balaban J connectivity index is 1.09. The van der Waals surface area contributed by atoms with Crippen molar-refractivity contribution >= 4 is 5.78 Å². The van der Waals surface area contributed by atoms with Crippen molar-refractivity contribution in [2.75, 3.05) is 6.54 Å². The topological polar surface area (TPSA) is 170 Å². The number of ketones is 1. The van der Waals surface area contributed by atoms with Gasteiger partial charge in [-0.05, 0) is 143 Å². The summed E-state index contributed by atoms with van der Waals surface area (Å²) in [7, 11) is 0. The first-order valence-corrected chi connectivity index (χ1v) is 22.2. The molecule has 300 valence electrons. The summed E-state index contributed by atoms with van der Waals surface area (Å²) in [6.07, 6.45) is 16.9. The van der Waals surface area contributed by atoms with Crippen molar-refractivity contribution in [2.24, 2.45) is 58.0 Å². The summed E-state index contributed by atoms with van der Waals surface area (Å²) in [5.74, 6) is 0.993. The highest BCUT2D eigenvalue weighted by molar-refractivity contribution is 5.95. The van der Waals surface area contributed by atoms with Gasteiger partial charge in [0.15, 0.2) is 5.78 Å². The van der Waals surface area contributed by atoms with E-state index in [0.717, 1.165) is 82.2 Å². The maximum atomic E-state index is 14.3. The molecule has 2 heterocycles. The van der Waals surface area contributed by atoms with Crippen molar-refractivity contribution in [3.63, 3.8) is 0 Å². The standard InChI is InChI=1S/C44H72N2O7/c1-4-7-26-9-12-28-29-8-5-6-18-44(52,39(29)53-36(28)13-10-26)41(3,50)37-17-21-43(51)31-22-33(47)32-23-34(48)35(49)24-42(32,30(31)16-19-40(37,43)2)20-15-27-11-14-38(45)46-25-27/h22,26-30,32,34-39,46,48-52H,4-21,23-25,45H2,1-3H3/p+1/t26-,27?,28-,29-,30-,32-,34-,35+,36-,37-,38?,39-,40-,41-,42-,43+,44-/m1/s1. The summed E-state index contributed by atoms with van der Waals surface area (Å²) in [6, 6.07) is 0. The number of carbonyl (C=O) groups excluding carboxylic acids is 1. The Kier molecular flexibility index (Phi) is 10.4. The van der Waals surface area contributed by atoms with E-state index >= 15 is 0 Å². The van der Waals surface area contributed by atoms with Crippen LogP contribution in [-0.4, -0.2) is 85.2 Å². The fraction of sp³-hybridized carbons (Fsp3) is 0.932. The molecule has 0 aromatic rings. The van der Waals surface area contributed by atoms with Gasteiger partial charge in [0.05, 0.1) is 42.2 Å². The predicted octanol–water partition coefficient (Wildman–Crippen LogP) is 4.26. The molecule has 2 aliphatic heterocycles. The number of fused-ring (bicyclic) bond motifs is 8. The second-order valence-electron chi connectivity index (χ2n) is 20.5. The van der Waals surface area contributed by atoms with Gasteiger partial charge in [0.1, 0.15) is 11.8 Å². The molecule has 0 aromatic carbocycles. The van der Waals surface area contributed by atoms with E-state index in [4.69, 9.17) is 10.5 Å². The minimum Gasteiger partial charge on any atom is -0.390 e. The van der Waals surface area contributed by atoms with Crippen LogP contribution in [0.3, 0.4) is 0 Å². The van der Waals surface area contributed by atoms with Crippen LogP contribution in [0.2, 0.25) is 0 Å². The Morgan fingerprint density at radius 3 is 2.43 bits per heavy atom. The van der Waals surface area contributed by atoms with Crippen LogP contribution in [0.1, 0.15) is 149 Å². The van der Waals surface area contributed by atoms with Crippen LogP contribution in [0.15, 0.2) is 11.6 Å². The van der Waals surface area contributed by atoms with E-state index in [1.54, 1.807) is 6.08 Å². The molecular weight excluding hydrogens is 668 g/mol. The summed E-state index contributed by atoms with van der Waals surface area (Å²) >= 11 is 0. The molecule has 8 aliphatic rings. The number of carbonyl (C=O) groups is 1. The van der Waals surface area contributed by atoms with Gasteiger partial charge in [-0.25, -0.2) is 0 Å². The van der Waals surface area contributed by atoms with Gasteiger partial charge in [0, 0.05) is 23.7 Å². The largest absolute Gasteiger partial charge is 0.390 e. The molecule has 6 aliphatic carbocycles. The summed E-state index contributed by atoms with van der Waals surface area (Å²) in [4.78, 5) is 14.3. The molecule has 9 nitrogen and oxygen atoms in total. The van der Waals surface area contributed by atoms with Crippen LogP contribution in [-0.2, 0) is 9.53 Å². The van der Waals surface area contributed by atoms with Gasteiger partial charge in [0.2, 0.25) is 0 Å². The lowest BCUT2D eigenvalue weighted by Gasteiger charge is -2.62. The van der Waals surface area contributed by atoms with E-state index in [9.17, 15) is 30.3 Å². The smallest absolute Gasteiger partial charge is 0.159 e. The normalized spacial score (nSPS) is 52.5. The first kappa shape index (κ1) is 38.9. The molecule has 7 fully saturated rings. The highest BCUT2D eigenvalue weighted by Crippen LogP contribution is 2.70. The molecule has 53 heavy (non-hydrogen) atoms. The molecule has 9 heteroatoms. The highest BCUT2D eigenvalue weighted by atomic mass is 16.5. The fourth-order valence-corrected chi connectivity index (χ4v) is 15.1. The summed E-state index contributed by atoms with van der Waals surface area (Å²) in [6.45, 7) is 7.20. The van der Waals surface area contributed by atoms with E-state index in [1.165, 1.54) is 25.7 Å². The average molecular weight is 742 g/mol. The van der Waals surface area contributed by atoms with Crippen LogP contribution in [0, 0.1) is 52.3 Å². The van der Waals surface area contributed by atoms with Gasteiger partial charge >= 0.3 is 0 Å². The van der Waals surface area contributed by atoms with Crippen LogP contribution in [0.25, 0.3) is 0 Å². The van der Waals surface area contributed by atoms with Gasteiger partial charge < -0.3 is 35.6 Å². The molecule has 0 bridgehead atoms. The lowest BCUT2D eigenvalue weighted by molar-refractivity contribution is -0.703. The minimum absolute atomic E-state index is 0.0309. The van der Waals surface area contributed by atoms with E-state index in [0.29, 0.717) is 43.9 Å². The third kappa shape index (κ3) is 6.01. The Hall–Kier alpha value is -0.910. The number of ether oxygens (including phenoxy) is 1. The van der Waals surface area contributed by atoms with Crippen LogP contribution in [0.5, 0.6) is 0 Å². The first-order chi connectivity index (χ1) is 25.2. The van der Waals surface area contributed by atoms with Crippen LogP contribution >= 0.6 is 0 Å². The third-order valence-electron chi connectivity index (χ3n) is 18.1. The van der Waals surface area contributed by atoms with Crippen LogP contribution in [0.4, 0.5) is 0 Å². The quantitative estimate of drug-likeness (QED) is 0.203. The number of hydrogen-bond acceptors (Lipinski definition) is 8. The van der Waals surface area contributed by atoms with Gasteiger partial charge in [-0.15, -0.1) is 0 Å². The fourth-order valence-electron chi connectivity index (χ4n) is 15.1. The Morgan fingerprint density at radius 1 is 0.906 bits per heavy atom. The molecule has 2 saturated heterocycles. The van der Waals surface area contributed by atoms with Crippen molar-refractivity contribution in [3.05, 3.63) is 11.6 Å². The monoisotopic (exact) mass is 742 g/mol. The number of quaternary nitrogens is 1. The highest BCUT2D eigenvalue weighted by Gasteiger charge is 2.73. The number of allylic oxidation sites excluding steroid dienone is 1. The minimum atomic E-state index is -1.51. The lowest BCUT2D eigenvalue weighted by atomic mass is 9.43. The zero-order chi connectivity index (χ0) is 37.6. The molecule has 9 N–H and O–H groups in total. The van der Waals surface area contributed by atoms with Gasteiger partial charge in [-0.2, -0.15) is 0 Å². The zero-order valence-electron chi connectivity index (χ0n) is 33.1. The Morgan fingerprint density at radius 2 is 1.68 bits per heavy atom.